The molecule has 0 aromatic carbocycles. The highest BCUT2D eigenvalue weighted by atomic mass is 16.5. The standard InChI is InChI=1S/C8H15NO/c1-4-6-8(10-3)7(9)5-2/h5H,2,4,6,9H2,1,3H3/b8-7-. The van der Waals surface area contributed by atoms with E-state index in [0.717, 1.165) is 18.6 Å². The monoisotopic (exact) mass is 141 g/mol. The van der Waals surface area contributed by atoms with Crippen molar-refractivity contribution in [1.29, 1.82) is 0 Å². The molecular weight excluding hydrogens is 126 g/mol. The Morgan fingerprint density at radius 3 is 2.60 bits per heavy atom. The second-order valence-corrected chi connectivity index (χ2v) is 2.04. The van der Waals surface area contributed by atoms with Crippen molar-refractivity contribution in [2.24, 2.45) is 5.73 Å². The molecule has 58 valence electrons. The maximum absolute atomic E-state index is 5.55. The largest absolute Gasteiger partial charge is 0.499 e. The van der Waals surface area contributed by atoms with E-state index in [2.05, 4.69) is 13.5 Å². The molecule has 2 heteroatoms. The normalized spacial score (nSPS) is 12.2. The first-order valence-electron chi connectivity index (χ1n) is 3.41. The van der Waals surface area contributed by atoms with E-state index in [1.807, 2.05) is 0 Å². The summed E-state index contributed by atoms with van der Waals surface area (Å²) in [6.07, 6.45) is 3.53. The average Bonchev–Trinajstić information content (AvgIpc) is 1.99. The fourth-order valence-electron chi connectivity index (χ4n) is 0.705. The van der Waals surface area contributed by atoms with Gasteiger partial charge in [-0.15, -0.1) is 0 Å². The van der Waals surface area contributed by atoms with Gasteiger partial charge in [0.15, 0.2) is 0 Å². The number of hydrogen-bond acceptors (Lipinski definition) is 2. The average molecular weight is 141 g/mol. The van der Waals surface area contributed by atoms with Gasteiger partial charge >= 0.3 is 0 Å². The van der Waals surface area contributed by atoms with Crippen LogP contribution in [-0.2, 0) is 4.74 Å². The van der Waals surface area contributed by atoms with Crippen LogP contribution in [0.15, 0.2) is 24.1 Å². The fraction of sp³-hybridized carbons (Fsp3) is 0.500. The van der Waals surface area contributed by atoms with Crippen LogP contribution in [0.25, 0.3) is 0 Å². The Hall–Kier alpha value is -0.920. The van der Waals surface area contributed by atoms with Crippen LogP contribution in [0.4, 0.5) is 0 Å². The smallest absolute Gasteiger partial charge is 0.118 e. The summed E-state index contributed by atoms with van der Waals surface area (Å²) in [6, 6.07) is 0. The lowest BCUT2D eigenvalue weighted by Gasteiger charge is -2.05. The third-order valence-electron chi connectivity index (χ3n) is 1.27. The Labute approximate surface area is 62.4 Å². The van der Waals surface area contributed by atoms with Crippen molar-refractivity contribution >= 4 is 0 Å². The van der Waals surface area contributed by atoms with E-state index >= 15 is 0 Å². The van der Waals surface area contributed by atoms with E-state index < -0.39 is 0 Å². The van der Waals surface area contributed by atoms with Crippen molar-refractivity contribution in [3.05, 3.63) is 24.1 Å². The Kier molecular flexibility index (Phi) is 4.46. The molecule has 2 N–H and O–H groups in total. The predicted molar refractivity (Wildman–Crippen MR) is 43.3 cm³/mol. The minimum atomic E-state index is 0.643. The predicted octanol–water partition coefficient (Wildman–Crippen LogP) is 1.79. The van der Waals surface area contributed by atoms with Gasteiger partial charge < -0.3 is 10.5 Å². The molecule has 0 heterocycles. The van der Waals surface area contributed by atoms with Gasteiger partial charge in [0.1, 0.15) is 5.76 Å². The lowest BCUT2D eigenvalue weighted by Crippen LogP contribution is -2.00. The van der Waals surface area contributed by atoms with Gasteiger partial charge in [-0.2, -0.15) is 0 Å². The van der Waals surface area contributed by atoms with E-state index in [1.54, 1.807) is 13.2 Å². The van der Waals surface area contributed by atoms with Crippen molar-refractivity contribution in [2.45, 2.75) is 19.8 Å². The van der Waals surface area contributed by atoms with Gasteiger partial charge in [0, 0.05) is 6.42 Å². The van der Waals surface area contributed by atoms with E-state index in [1.165, 1.54) is 0 Å². The molecule has 0 spiro atoms. The minimum absolute atomic E-state index is 0.643. The Morgan fingerprint density at radius 2 is 2.30 bits per heavy atom. The highest BCUT2D eigenvalue weighted by molar-refractivity contribution is 5.16. The quantitative estimate of drug-likeness (QED) is 0.478. The topological polar surface area (TPSA) is 35.2 Å². The van der Waals surface area contributed by atoms with E-state index in [9.17, 15) is 0 Å². The van der Waals surface area contributed by atoms with Crippen LogP contribution in [0.2, 0.25) is 0 Å². The first-order valence-corrected chi connectivity index (χ1v) is 3.41. The van der Waals surface area contributed by atoms with Gasteiger partial charge in [-0.05, 0) is 12.5 Å². The number of nitrogens with two attached hydrogens (primary N) is 1. The van der Waals surface area contributed by atoms with Crippen LogP contribution in [0, 0.1) is 0 Å². The maximum atomic E-state index is 5.55. The van der Waals surface area contributed by atoms with Gasteiger partial charge in [-0.25, -0.2) is 0 Å². The molecule has 0 aliphatic rings. The molecule has 0 aliphatic heterocycles. The Bertz CT molecular complexity index is 138. The summed E-state index contributed by atoms with van der Waals surface area (Å²) in [6.45, 7) is 5.63. The zero-order chi connectivity index (χ0) is 7.98. The summed E-state index contributed by atoms with van der Waals surface area (Å²) < 4.78 is 5.03. The first kappa shape index (κ1) is 9.08. The summed E-state index contributed by atoms with van der Waals surface area (Å²) in [5.74, 6) is 0.831. The summed E-state index contributed by atoms with van der Waals surface area (Å²) in [4.78, 5) is 0. The lowest BCUT2D eigenvalue weighted by molar-refractivity contribution is 0.272. The minimum Gasteiger partial charge on any atom is -0.499 e. The molecule has 2 nitrogen and oxygen atoms in total. The molecule has 0 saturated heterocycles. The fourth-order valence-corrected chi connectivity index (χ4v) is 0.705. The molecule has 0 rings (SSSR count). The van der Waals surface area contributed by atoms with Crippen molar-refractivity contribution < 1.29 is 4.74 Å². The molecule has 0 saturated carbocycles. The number of methoxy groups -OCH3 is 1. The Morgan fingerprint density at radius 1 is 1.70 bits per heavy atom. The SMILES string of the molecule is C=C/C(N)=C(\CCC)OC. The van der Waals surface area contributed by atoms with E-state index in [-0.39, 0.29) is 0 Å². The number of hydrogen-bond donors (Lipinski definition) is 1. The lowest BCUT2D eigenvalue weighted by atomic mass is 10.2. The summed E-state index contributed by atoms with van der Waals surface area (Å²) in [5.41, 5.74) is 6.19. The zero-order valence-corrected chi connectivity index (χ0v) is 6.68. The third kappa shape index (κ3) is 2.58. The van der Waals surface area contributed by atoms with Crippen LogP contribution in [0.5, 0.6) is 0 Å². The van der Waals surface area contributed by atoms with Crippen LogP contribution in [0.3, 0.4) is 0 Å². The molecule has 0 atom stereocenters. The van der Waals surface area contributed by atoms with Gasteiger partial charge in [0.25, 0.3) is 0 Å². The molecule has 0 radical (unpaired) electrons. The van der Waals surface area contributed by atoms with Crippen LogP contribution >= 0.6 is 0 Å². The van der Waals surface area contributed by atoms with Crippen LogP contribution in [-0.4, -0.2) is 7.11 Å². The van der Waals surface area contributed by atoms with Gasteiger partial charge in [0.2, 0.25) is 0 Å². The van der Waals surface area contributed by atoms with Crippen molar-refractivity contribution in [3.8, 4) is 0 Å². The van der Waals surface area contributed by atoms with Crippen LogP contribution < -0.4 is 5.73 Å². The second-order valence-electron chi connectivity index (χ2n) is 2.04. The molecule has 0 fully saturated rings. The summed E-state index contributed by atoms with van der Waals surface area (Å²) in [5, 5.41) is 0. The second kappa shape index (κ2) is 4.91. The molecule has 0 aromatic rings. The maximum Gasteiger partial charge on any atom is 0.118 e. The molecular formula is C8H15NO. The summed E-state index contributed by atoms with van der Waals surface area (Å²) >= 11 is 0. The zero-order valence-electron chi connectivity index (χ0n) is 6.68. The third-order valence-corrected chi connectivity index (χ3v) is 1.27. The molecule has 0 bridgehead atoms. The van der Waals surface area contributed by atoms with Gasteiger partial charge in [0.05, 0.1) is 12.8 Å². The van der Waals surface area contributed by atoms with E-state index in [0.29, 0.717) is 5.70 Å². The number of allylic oxidation sites excluding steroid dienone is 2. The van der Waals surface area contributed by atoms with Crippen LogP contribution in [0.1, 0.15) is 19.8 Å². The highest BCUT2D eigenvalue weighted by Crippen LogP contribution is 2.08. The van der Waals surface area contributed by atoms with Gasteiger partial charge in [-0.3, -0.25) is 0 Å². The number of rotatable bonds is 4. The molecule has 0 aromatic heterocycles. The first-order chi connectivity index (χ1) is 4.76. The highest BCUT2D eigenvalue weighted by Gasteiger charge is 1.97. The number of ether oxygens (including phenoxy) is 1. The van der Waals surface area contributed by atoms with Crippen molar-refractivity contribution in [1.82, 2.24) is 0 Å². The van der Waals surface area contributed by atoms with Crippen molar-refractivity contribution in [2.75, 3.05) is 7.11 Å². The van der Waals surface area contributed by atoms with Gasteiger partial charge in [-0.1, -0.05) is 13.5 Å². The van der Waals surface area contributed by atoms with E-state index in [4.69, 9.17) is 10.5 Å². The Balaban J connectivity index is 4.13. The molecule has 0 unspecified atom stereocenters. The van der Waals surface area contributed by atoms with Crippen molar-refractivity contribution in [3.63, 3.8) is 0 Å². The molecule has 10 heavy (non-hydrogen) atoms. The molecule has 0 amide bonds. The molecule has 0 aliphatic carbocycles. The summed E-state index contributed by atoms with van der Waals surface area (Å²) in [7, 11) is 1.63.